The maximum atomic E-state index is 13.7. The summed E-state index contributed by atoms with van der Waals surface area (Å²) in [6.07, 6.45) is 0.651. The summed E-state index contributed by atoms with van der Waals surface area (Å²) >= 11 is 0. The monoisotopic (exact) mass is 401 g/mol. The van der Waals surface area contributed by atoms with Crippen LogP contribution in [0.15, 0.2) is 66.7 Å². The van der Waals surface area contributed by atoms with E-state index in [-0.39, 0.29) is 29.7 Å². The third-order valence-corrected chi connectivity index (χ3v) is 5.59. The van der Waals surface area contributed by atoms with E-state index in [9.17, 15) is 9.59 Å². The Hall–Kier alpha value is -2.94. The van der Waals surface area contributed by atoms with Crippen molar-refractivity contribution in [3.8, 4) is 0 Å². The summed E-state index contributed by atoms with van der Waals surface area (Å²) in [6.45, 7) is 10.0. The minimum Gasteiger partial charge on any atom is -0.334 e. The van der Waals surface area contributed by atoms with Crippen molar-refractivity contribution in [3.63, 3.8) is 0 Å². The van der Waals surface area contributed by atoms with Crippen molar-refractivity contribution in [3.05, 3.63) is 83.4 Å². The first kappa shape index (κ1) is 21.8. The quantitative estimate of drug-likeness (QED) is 0.445. The van der Waals surface area contributed by atoms with Gasteiger partial charge >= 0.3 is 0 Å². The molecule has 3 rings (SSSR count). The Bertz CT molecular complexity index is 1030. The van der Waals surface area contributed by atoms with Crippen LogP contribution in [0.2, 0.25) is 0 Å². The fourth-order valence-corrected chi connectivity index (χ4v) is 4.23. The summed E-state index contributed by atoms with van der Waals surface area (Å²) in [7, 11) is 0. The third kappa shape index (κ3) is 4.46. The Kier molecular flexibility index (Phi) is 6.71. The Balaban J connectivity index is 2.09. The fourth-order valence-electron chi connectivity index (χ4n) is 4.23. The van der Waals surface area contributed by atoms with Crippen molar-refractivity contribution in [1.29, 1.82) is 0 Å². The van der Waals surface area contributed by atoms with Crippen LogP contribution in [-0.2, 0) is 6.42 Å². The standard InChI is InChI=1S/C27H31NO2/c1-18(2)28(19(3)4)27(30)25-23-14-10-9-13-22(23)15-16-24(25)26(29)20(5)17-21-11-7-6-8-12-21/h6-16,18-20H,17H2,1-5H3/t20-/m1/s1. The second kappa shape index (κ2) is 9.25. The zero-order chi connectivity index (χ0) is 21.8. The van der Waals surface area contributed by atoms with Gasteiger partial charge in [0.05, 0.1) is 5.56 Å². The summed E-state index contributed by atoms with van der Waals surface area (Å²) in [4.78, 5) is 29.1. The molecule has 0 N–H and O–H groups in total. The van der Waals surface area contributed by atoms with Gasteiger partial charge in [0.15, 0.2) is 5.78 Å². The molecular weight excluding hydrogens is 370 g/mol. The molecule has 3 aromatic carbocycles. The molecular formula is C27H31NO2. The molecule has 30 heavy (non-hydrogen) atoms. The number of benzene rings is 3. The first-order chi connectivity index (χ1) is 14.3. The number of carbonyl (C=O) groups is 2. The molecule has 156 valence electrons. The maximum Gasteiger partial charge on any atom is 0.255 e. The van der Waals surface area contributed by atoms with E-state index in [2.05, 4.69) is 0 Å². The van der Waals surface area contributed by atoms with E-state index in [1.807, 2.05) is 106 Å². The lowest BCUT2D eigenvalue weighted by Gasteiger charge is -2.32. The van der Waals surface area contributed by atoms with Crippen molar-refractivity contribution in [2.24, 2.45) is 5.92 Å². The zero-order valence-corrected chi connectivity index (χ0v) is 18.6. The molecule has 1 amide bonds. The Morgan fingerprint density at radius 3 is 2.00 bits per heavy atom. The molecule has 0 fully saturated rings. The smallest absolute Gasteiger partial charge is 0.255 e. The average molecular weight is 402 g/mol. The predicted molar refractivity (Wildman–Crippen MR) is 124 cm³/mol. The van der Waals surface area contributed by atoms with Gasteiger partial charge in [-0.2, -0.15) is 0 Å². The highest BCUT2D eigenvalue weighted by Gasteiger charge is 2.29. The van der Waals surface area contributed by atoms with Gasteiger partial charge in [0.25, 0.3) is 5.91 Å². The van der Waals surface area contributed by atoms with Gasteiger partial charge in [0, 0.05) is 23.6 Å². The normalized spacial score (nSPS) is 12.4. The van der Waals surface area contributed by atoms with Gasteiger partial charge in [-0.1, -0.05) is 67.6 Å². The average Bonchev–Trinajstić information content (AvgIpc) is 2.72. The maximum absolute atomic E-state index is 13.7. The number of nitrogens with zero attached hydrogens (tertiary/aromatic N) is 1. The topological polar surface area (TPSA) is 37.4 Å². The van der Waals surface area contributed by atoms with Crippen LogP contribution >= 0.6 is 0 Å². The van der Waals surface area contributed by atoms with Gasteiger partial charge in [0.1, 0.15) is 0 Å². The summed E-state index contributed by atoms with van der Waals surface area (Å²) < 4.78 is 0. The van der Waals surface area contributed by atoms with Gasteiger partial charge in [-0.25, -0.2) is 0 Å². The number of amides is 1. The molecule has 3 aromatic rings. The lowest BCUT2D eigenvalue weighted by Crippen LogP contribution is -2.42. The van der Waals surface area contributed by atoms with Crippen LogP contribution in [0.5, 0.6) is 0 Å². The minimum absolute atomic E-state index is 0.0143. The SMILES string of the molecule is CC(C)N(C(=O)c1c(C(=O)[C@H](C)Cc2ccccc2)ccc2ccccc12)C(C)C. The molecule has 0 aliphatic carbocycles. The van der Waals surface area contributed by atoms with Gasteiger partial charge in [0.2, 0.25) is 0 Å². The molecule has 3 nitrogen and oxygen atoms in total. The summed E-state index contributed by atoms with van der Waals surface area (Å²) in [5.41, 5.74) is 2.17. The molecule has 0 saturated carbocycles. The summed E-state index contributed by atoms with van der Waals surface area (Å²) in [5, 5.41) is 1.81. The predicted octanol–water partition coefficient (Wildman–Crippen LogP) is 6.16. The number of carbonyl (C=O) groups excluding carboxylic acids is 2. The van der Waals surface area contributed by atoms with Crippen molar-refractivity contribution < 1.29 is 9.59 Å². The van der Waals surface area contributed by atoms with Gasteiger partial charge in [-0.3, -0.25) is 9.59 Å². The van der Waals surface area contributed by atoms with E-state index >= 15 is 0 Å². The molecule has 0 radical (unpaired) electrons. The number of hydrogen-bond acceptors (Lipinski definition) is 2. The third-order valence-electron chi connectivity index (χ3n) is 5.59. The second-order valence-electron chi connectivity index (χ2n) is 8.56. The van der Waals surface area contributed by atoms with Crippen LogP contribution in [-0.4, -0.2) is 28.7 Å². The molecule has 0 bridgehead atoms. The lowest BCUT2D eigenvalue weighted by atomic mass is 9.87. The molecule has 0 aliphatic heterocycles. The molecule has 0 unspecified atom stereocenters. The van der Waals surface area contributed by atoms with Gasteiger partial charge in [-0.05, 0) is 56.5 Å². The summed E-state index contributed by atoms with van der Waals surface area (Å²) in [6, 6.07) is 21.7. The molecule has 3 heteroatoms. The van der Waals surface area contributed by atoms with Gasteiger partial charge < -0.3 is 4.90 Å². The van der Waals surface area contributed by atoms with Crippen LogP contribution in [0.1, 0.15) is 60.9 Å². The highest BCUT2D eigenvalue weighted by atomic mass is 16.2. The molecule has 1 atom stereocenters. The van der Waals surface area contributed by atoms with E-state index in [0.29, 0.717) is 17.5 Å². The van der Waals surface area contributed by atoms with Crippen molar-refractivity contribution in [2.45, 2.75) is 53.1 Å². The first-order valence-corrected chi connectivity index (χ1v) is 10.7. The number of ketones is 1. The Morgan fingerprint density at radius 2 is 1.37 bits per heavy atom. The van der Waals surface area contributed by atoms with E-state index in [0.717, 1.165) is 16.3 Å². The first-order valence-electron chi connectivity index (χ1n) is 10.7. The molecule has 0 heterocycles. The second-order valence-corrected chi connectivity index (χ2v) is 8.56. The van der Waals surface area contributed by atoms with Crippen molar-refractivity contribution in [2.75, 3.05) is 0 Å². The van der Waals surface area contributed by atoms with Crippen LogP contribution in [0.3, 0.4) is 0 Å². The van der Waals surface area contributed by atoms with Gasteiger partial charge in [-0.15, -0.1) is 0 Å². The Labute approximate surface area is 179 Å². The van der Waals surface area contributed by atoms with Crippen molar-refractivity contribution >= 4 is 22.5 Å². The lowest BCUT2D eigenvalue weighted by molar-refractivity contribution is 0.0641. The van der Waals surface area contributed by atoms with E-state index in [4.69, 9.17) is 0 Å². The molecule has 0 aromatic heterocycles. The number of Topliss-reactive ketones (excluding diaryl/α,β-unsaturated/α-hetero) is 1. The fraction of sp³-hybridized carbons (Fsp3) is 0.333. The van der Waals surface area contributed by atoms with E-state index < -0.39 is 0 Å². The summed E-state index contributed by atoms with van der Waals surface area (Å²) in [5.74, 6) is -0.279. The van der Waals surface area contributed by atoms with E-state index in [1.165, 1.54) is 0 Å². The largest absolute Gasteiger partial charge is 0.334 e. The minimum atomic E-state index is -0.216. The number of hydrogen-bond donors (Lipinski definition) is 0. The number of rotatable bonds is 7. The van der Waals surface area contributed by atoms with Crippen LogP contribution in [0.4, 0.5) is 0 Å². The number of fused-ring (bicyclic) bond motifs is 1. The van der Waals surface area contributed by atoms with Crippen molar-refractivity contribution in [1.82, 2.24) is 4.90 Å². The molecule has 0 saturated heterocycles. The molecule has 0 spiro atoms. The van der Waals surface area contributed by atoms with E-state index in [1.54, 1.807) is 0 Å². The van der Waals surface area contributed by atoms with Crippen LogP contribution < -0.4 is 0 Å². The van der Waals surface area contributed by atoms with Crippen LogP contribution in [0, 0.1) is 5.92 Å². The zero-order valence-electron chi connectivity index (χ0n) is 18.6. The highest BCUT2D eigenvalue weighted by Crippen LogP contribution is 2.28. The molecule has 0 aliphatic rings. The highest BCUT2D eigenvalue weighted by molar-refractivity contribution is 6.16. The Morgan fingerprint density at radius 1 is 0.767 bits per heavy atom. The van der Waals surface area contributed by atoms with Crippen LogP contribution in [0.25, 0.3) is 10.8 Å².